The van der Waals surface area contributed by atoms with Crippen LogP contribution in [0.25, 0.3) is 0 Å². The SMILES string of the molecule is CC(C)CCCCCCCCCCCCCCCCC=CCCC(Br)=CCCCC(=O)O. The zero-order chi connectivity index (χ0) is 23.7. The molecule has 0 aliphatic heterocycles. The molecule has 0 amide bonds. The normalized spacial score (nSPS) is 12.3. The summed E-state index contributed by atoms with van der Waals surface area (Å²) in [7, 11) is 0. The molecule has 0 aromatic carbocycles. The van der Waals surface area contributed by atoms with Crippen molar-refractivity contribution < 1.29 is 9.90 Å². The highest BCUT2D eigenvalue weighted by Crippen LogP contribution is 2.17. The molecule has 0 rings (SSSR count). The van der Waals surface area contributed by atoms with Gasteiger partial charge in [0.15, 0.2) is 0 Å². The molecule has 0 radical (unpaired) electrons. The number of halogens is 1. The van der Waals surface area contributed by atoms with Crippen LogP contribution in [0, 0.1) is 5.92 Å². The lowest BCUT2D eigenvalue weighted by Gasteiger charge is -2.05. The summed E-state index contributed by atoms with van der Waals surface area (Å²) in [4.78, 5) is 10.5. The molecule has 0 aliphatic rings. The van der Waals surface area contributed by atoms with Crippen molar-refractivity contribution in [1.29, 1.82) is 0 Å². The van der Waals surface area contributed by atoms with Crippen LogP contribution in [0.3, 0.4) is 0 Å². The summed E-state index contributed by atoms with van der Waals surface area (Å²) in [5, 5.41) is 8.63. The molecule has 0 saturated carbocycles. The molecule has 0 unspecified atom stereocenters. The first kappa shape index (κ1) is 31.4. The van der Waals surface area contributed by atoms with E-state index in [1.807, 2.05) is 0 Å². The predicted octanol–water partition coefficient (Wildman–Crippen LogP) is 10.8. The van der Waals surface area contributed by atoms with Crippen molar-refractivity contribution in [3.63, 3.8) is 0 Å². The molecule has 0 heterocycles. The highest BCUT2D eigenvalue weighted by molar-refractivity contribution is 9.11. The molecule has 0 spiro atoms. The summed E-state index contributed by atoms with van der Waals surface area (Å²) in [6.07, 6.45) is 33.2. The number of carboxylic acid groups (broad SMARTS) is 1. The Kier molecular flexibility index (Phi) is 24.6. The molecule has 3 heteroatoms. The van der Waals surface area contributed by atoms with Gasteiger partial charge in [-0.05, 0) is 48.9 Å². The smallest absolute Gasteiger partial charge is 0.303 e. The van der Waals surface area contributed by atoms with Gasteiger partial charge in [-0.25, -0.2) is 0 Å². The molecule has 1 N–H and O–H groups in total. The summed E-state index contributed by atoms with van der Waals surface area (Å²) in [6, 6.07) is 0. The number of carboxylic acids is 1. The van der Waals surface area contributed by atoms with E-state index in [0.29, 0.717) is 0 Å². The number of hydrogen-bond acceptors (Lipinski definition) is 1. The third-order valence-electron chi connectivity index (χ3n) is 6.08. The minimum absolute atomic E-state index is 0.259. The first-order valence-corrected chi connectivity index (χ1v) is 14.5. The van der Waals surface area contributed by atoms with Gasteiger partial charge in [0, 0.05) is 6.42 Å². The Balaban J connectivity index is 3.24. The van der Waals surface area contributed by atoms with Gasteiger partial charge in [0.1, 0.15) is 0 Å². The monoisotopic (exact) mass is 512 g/mol. The van der Waals surface area contributed by atoms with E-state index in [2.05, 4.69) is 48.0 Å². The zero-order valence-corrected chi connectivity index (χ0v) is 23.0. The molecular formula is C29H53BrO2. The van der Waals surface area contributed by atoms with Gasteiger partial charge in [-0.2, -0.15) is 0 Å². The van der Waals surface area contributed by atoms with Crippen molar-refractivity contribution in [1.82, 2.24) is 0 Å². The minimum atomic E-state index is -0.707. The first-order chi connectivity index (χ1) is 15.5. The first-order valence-electron chi connectivity index (χ1n) is 13.7. The summed E-state index contributed by atoms with van der Waals surface area (Å²) < 4.78 is 1.20. The van der Waals surface area contributed by atoms with E-state index in [4.69, 9.17) is 5.11 Å². The van der Waals surface area contributed by atoms with E-state index in [9.17, 15) is 4.79 Å². The third kappa shape index (κ3) is 27.5. The zero-order valence-electron chi connectivity index (χ0n) is 21.4. The van der Waals surface area contributed by atoms with Crippen LogP contribution in [0.5, 0.6) is 0 Å². The molecular weight excluding hydrogens is 460 g/mol. The number of hydrogen-bond donors (Lipinski definition) is 1. The van der Waals surface area contributed by atoms with Crippen LogP contribution < -0.4 is 0 Å². The maximum Gasteiger partial charge on any atom is 0.303 e. The van der Waals surface area contributed by atoms with Gasteiger partial charge in [-0.15, -0.1) is 0 Å². The van der Waals surface area contributed by atoms with Crippen molar-refractivity contribution in [2.45, 2.75) is 149 Å². The summed E-state index contributed by atoms with van der Waals surface area (Å²) in [6.45, 7) is 4.66. The number of carbonyl (C=O) groups is 1. The van der Waals surface area contributed by atoms with Gasteiger partial charge in [-0.1, -0.05) is 138 Å². The Morgan fingerprint density at radius 3 is 1.62 bits per heavy atom. The van der Waals surface area contributed by atoms with Gasteiger partial charge in [0.2, 0.25) is 0 Å². The molecule has 188 valence electrons. The molecule has 2 nitrogen and oxygen atoms in total. The van der Waals surface area contributed by atoms with Crippen molar-refractivity contribution in [3.05, 3.63) is 22.7 Å². The average Bonchev–Trinajstić information content (AvgIpc) is 2.75. The van der Waals surface area contributed by atoms with E-state index in [1.165, 1.54) is 107 Å². The van der Waals surface area contributed by atoms with Crippen molar-refractivity contribution in [3.8, 4) is 0 Å². The maximum absolute atomic E-state index is 10.5. The Hall–Kier alpha value is -0.570. The van der Waals surface area contributed by atoms with E-state index in [-0.39, 0.29) is 6.42 Å². The quantitative estimate of drug-likeness (QED) is 0.103. The number of allylic oxidation sites excluding steroid dienone is 4. The fourth-order valence-electron chi connectivity index (χ4n) is 4.01. The van der Waals surface area contributed by atoms with Gasteiger partial charge < -0.3 is 5.11 Å². The summed E-state index contributed by atoms with van der Waals surface area (Å²) in [5.41, 5.74) is 0. The second-order valence-corrected chi connectivity index (χ2v) is 10.9. The molecule has 0 fully saturated rings. The average molecular weight is 514 g/mol. The highest BCUT2D eigenvalue weighted by atomic mass is 79.9. The van der Waals surface area contributed by atoms with Gasteiger partial charge in [-0.3, -0.25) is 4.79 Å². The van der Waals surface area contributed by atoms with Crippen LogP contribution in [-0.2, 0) is 4.79 Å². The fraction of sp³-hybridized carbons (Fsp3) is 0.828. The van der Waals surface area contributed by atoms with Crippen molar-refractivity contribution in [2.75, 3.05) is 0 Å². The van der Waals surface area contributed by atoms with E-state index >= 15 is 0 Å². The van der Waals surface area contributed by atoms with Crippen LogP contribution >= 0.6 is 15.9 Å². The molecule has 32 heavy (non-hydrogen) atoms. The van der Waals surface area contributed by atoms with Crippen LogP contribution in [0.2, 0.25) is 0 Å². The Bertz CT molecular complexity index is 468. The largest absolute Gasteiger partial charge is 0.481 e. The minimum Gasteiger partial charge on any atom is -0.481 e. The molecule has 0 aromatic heterocycles. The lowest BCUT2D eigenvalue weighted by Crippen LogP contribution is -1.92. The third-order valence-corrected chi connectivity index (χ3v) is 6.80. The fourth-order valence-corrected chi connectivity index (χ4v) is 4.46. The summed E-state index contributed by atoms with van der Waals surface area (Å²) in [5.74, 6) is 0.171. The van der Waals surface area contributed by atoms with Crippen molar-refractivity contribution in [2.24, 2.45) is 5.92 Å². The Morgan fingerprint density at radius 1 is 0.656 bits per heavy atom. The topological polar surface area (TPSA) is 37.3 Å². The molecule has 0 aromatic rings. The number of aliphatic carboxylic acids is 1. The summed E-state index contributed by atoms with van der Waals surface area (Å²) >= 11 is 3.58. The van der Waals surface area contributed by atoms with Crippen LogP contribution in [-0.4, -0.2) is 11.1 Å². The second-order valence-electron chi connectivity index (χ2n) is 9.87. The molecule has 0 bridgehead atoms. The number of unbranched alkanes of at least 4 members (excludes halogenated alkanes) is 15. The van der Waals surface area contributed by atoms with Crippen LogP contribution in [0.15, 0.2) is 22.7 Å². The maximum atomic E-state index is 10.5. The van der Waals surface area contributed by atoms with Gasteiger partial charge in [0.05, 0.1) is 0 Å². The van der Waals surface area contributed by atoms with Gasteiger partial charge in [0.25, 0.3) is 0 Å². The van der Waals surface area contributed by atoms with E-state index in [0.717, 1.165) is 31.6 Å². The Morgan fingerprint density at radius 2 is 1.12 bits per heavy atom. The highest BCUT2D eigenvalue weighted by Gasteiger charge is 1.97. The Labute approximate surface area is 208 Å². The molecule has 0 saturated heterocycles. The number of rotatable bonds is 24. The molecule has 0 atom stereocenters. The van der Waals surface area contributed by atoms with E-state index < -0.39 is 5.97 Å². The lowest BCUT2D eigenvalue weighted by atomic mass is 10.0. The predicted molar refractivity (Wildman–Crippen MR) is 146 cm³/mol. The lowest BCUT2D eigenvalue weighted by molar-refractivity contribution is -0.137. The van der Waals surface area contributed by atoms with Crippen LogP contribution in [0.4, 0.5) is 0 Å². The van der Waals surface area contributed by atoms with Crippen LogP contribution in [0.1, 0.15) is 149 Å². The van der Waals surface area contributed by atoms with E-state index in [1.54, 1.807) is 0 Å². The standard InChI is InChI=1S/C29H53BrO2/c1-27(2)23-19-17-15-13-11-9-7-5-3-4-6-8-10-12-14-16-18-20-24-28(30)25-21-22-26-29(31)32/h16,18,25,27H,3-15,17,19-24,26H2,1-2H3,(H,31,32). The molecule has 0 aliphatic carbocycles. The van der Waals surface area contributed by atoms with Crippen molar-refractivity contribution >= 4 is 21.9 Å². The van der Waals surface area contributed by atoms with Gasteiger partial charge >= 0.3 is 5.97 Å². The second kappa shape index (κ2) is 25.1.